The molecule has 0 aliphatic rings. The van der Waals surface area contributed by atoms with Crippen LogP contribution in [-0.4, -0.2) is 43.3 Å². The molecular weight excluding hydrogens is 344 g/mol. The van der Waals surface area contributed by atoms with Gasteiger partial charge < -0.3 is 21.3 Å². The molecule has 0 aliphatic heterocycles. The van der Waals surface area contributed by atoms with Crippen LogP contribution in [0.4, 0.5) is 11.4 Å². The molecule has 4 N–H and O–H groups in total. The Morgan fingerprint density at radius 3 is 2.48 bits per heavy atom. The van der Waals surface area contributed by atoms with Crippen LogP contribution in [0.5, 0.6) is 0 Å². The number of hydrogen-bond acceptors (Lipinski definition) is 4. The fourth-order valence-electron chi connectivity index (χ4n) is 2.51. The van der Waals surface area contributed by atoms with Crippen LogP contribution in [0.25, 0.3) is 0 Å². The number of primary amides is 1. The van der Waals surface area contributed by atoms with Crippen molar-refractivity contribution in [2.24, 2.45) is 5.73 Å². The number of para-hydroxylation sites is 1. The third kappa shape index (κ3) is 6.14. The quantitative estimate of drug-likeness (QED) is 0.661. The van der Waals surface area contributed by atoms with E-state index in [1.54, 1.807) is 49.3 Å². The second-order valence-corrected chi connectivity index (χ2v) is 6.30. The highest BCUT2D eigenvalue weighted by Crippen LogP contribution is 2.15. The molecule has 7 heteroatoms. The highest BCUT2D eigenvalue weighted by Gasteiger charge is 2.09. The Bertz CT molecular complexity index is 833. The minimum absolute atomic E-state index is 0.00631. The van der Waals surface area contributed by atoms with Crippen molar-refractivity contribution in [1.82, 2.24) is 4.90 Å². The average molecular weight is 368 g/mol. The summed E-state index contributed by atoms with van der Waals surface area (Å²) in [7, 11) is 3.45. The molecule has 0 radical (unpaired) electrons. The average Bonchev–Trinajstić information content (AvgIpc) is 2.64. The summed E-state index contributed by atoms with van der Waals surface area (Å²) in [6.45, 7) is -0.00631. The minimum atomic E-state index is -0.557. The van der Waals surface area contributed by atoms with E-state index in [4.69, 9.17) is 5.73 Å². The second-order valence-electron chi connectivity index (χ2n) is 6.30. The molecule has 0 aromatic heterocycles. The van der Waals surface area contributed by atoms with Crippen molar-refractivity contribution in [3.63, 3.8) is 0 Å². The number of nitrogens with two attached hydrogens (primary N) is 1. The Morgan fingerprint density at radius 1 is 1.04 bits per heavy atom. The molecule has 2 aromatic rings. The number of hydrogen-bond donors (Lipinski definition) is 3. The highest BCUT2D eigenvalue weighted by molar-refractivity contribution is 6.00. The molecule has 0 atom stereocenters. The predicted molar refractivity (Wildman–Crippen MR) is 106 cm³/mol. The molecule has 0 bridgehead atoms. The van der Waals surface area contributed by atoms with E-state index in [0.29, 0.717) is 29.8 Å². The molecule has 0 spiro atoms. The van der Waals surface area contributed by atoms with Gasteiger partial charge >= 0.3 is 0 Å². The van der Waals surface area contributed by atoms with Gasteiger partial charge in [-0.25, -0.2) is 0 Å². The summed E-state index contributed by atoms with van der Waals surface area (Å²) >= 11 is 0. The first kappa shape index (κ1) is 20.0. The van der Waals surface area contributed by atoms with Crippen LogP contribution in [0, 0.1) is 0 Å². The molecule has 2 rings (SSSR count). The van der Waals surface area contributed by atoms with Crippen molar-refractivity contribution >= 4 is 29.1 Å². The van der Waals surface area contributed by atoms with Crippen LogP contribution >= 0.6 is 0 Å². The Morgan fingerprint density at radius 2 is 1.78 bits per heavy atom. The third-order valence-corrected chi connectivity index (χ3v) is 3.97. The lowest BCUT2D eigenvalue weighted by atomic mass is 10.1. The minimum Gasteiger partial charge on any atom is -0.376 e. The van der Waals surface area contributed by atoms with Crippen LogP contribution in [-0.2, 0) is 16.0 Å². The molecule has 0 saturated heterocycles. The molecule has 142 valence electrons. The number of carbonyl (C=O) groups is 3. The fraction of sp³-hybridized carbons (Fsp3) is 0.250. The van der Waals surface area contributed by atoms with Gasteiger partial charge in [0.05, 0.1) is 12.1 Å². The summed E-state index contributed by atoms with van der Waals surface area (Å²) in [5.41, 5.74) is 7.78. The molecule has 0 saturated carbocycles. The number of aryl methyl sites for hydroxylation is 1. The summed E-state index contributed by atoms with van der Waals surface area (Å²) in [6, 6.07) is 14.1. The molecule has 0 heterocycles. The molecule has 27 heavy (non-hydrogen) atoms. The first-order chi connectivity index (χ1) is 12.9. The largest absolute Gasteiger partial charge is 0.376 e. The Kier molecular flexibility index (Phi) is 6.93. The maximum atomic E-state index is 12.2. The number of nitrogens with one attached hydrogen (secondary N) is 2. The lowest BCUT2D eigenvalue weighted by Gasteiger charge is -2.12. The van der Waals surface area contributed by atoms with Crippen molar-refractivity contribution in [3.8, 4) is 0 Å². The number of benzene rings is 2. The van der Waals surface area contributed by atoms with Crippen molar-refractivity contribution in [1.29, 1.82) is 0 Å². The monoisotopic (exact) mass is 368 g/mol. The van der Waals surface area contributed by atoms with Gasteiger partial charge in [0.15, 0.2) is 0 Å². The first-order valence-electron chi connectivity index (χ1n) is 8.58. The van der Waals surface area contributed by atoms with E-state index < -0.39 is 5.91 Å². The number of rotatable bonds is 8. The molecule has 0 aliphatic carbocycles. The van der Waals surface area contributed by atoms with Gasteiger partial charge in [0.2, 0.25) is 11.8 Å². The molecule has 0 unspecified atom stereocenters. The van der Waals surface area contributed by atoms with Gasteiger partial charge in [-0.2, -0.15) is 0 Å². The zero-order valence-electron chi connectivity index (χ0n) is 15.5. The first-order valence-corrected chi connectivity index (χ1v) is 8.58. The third-order valence-electron chi connectivity index (χ3n) is 3.97. The topological polar surface area (TPSA) is 105 Å². The second kappa shape index (κ2) is 9.38. The van der Waals surface area contributed by atoms with Crippen LogP contribution in [0.2, 0.25) is 0 Å². The molecule has 3 amide bonds. The maximum absolute atomic E-state index is 12.2. The van der Waals surface area contributed by atoms with E-state index in [-0.39, 0.29) is 18.4 Å². The van der Waals surface area contributed by atoms with Crippen molar-refractivity contribution in [2.75, 3.05) is 31.3 Å². The van der Waals surface area contributed by atoms with E-state index >= 15 is 0 Å². The van der Waals surface area contributed by atoms with Crippen LogP contribution in [0.15, 0.2) is 48.5 Å². The van der Waals surface area contributed by atoms with Gasteiger partial charge in [0.1, 0.15) is 0 Å². The van der Waals surface area contributed by atoms with Crippen LogP contribution in [0.3, 0.4) is 0 Å². The number of anilines is 2. The zero-order valence-corrected chi connectivity index (χ0v) is 15.5. The van der Waals surface area contributed by atoms with E-state index in [0.717, 1.165) is 5.56 Å². The van der Waals surface area contributed by atoms with Crippen LogP contribution in [0.1, 0.15) is 22.3 Å². The standard InChI is InChI=1S/C20H24N4O3/c1-24(2)19(26)11-10-14-6-5-7-15(12-14)23-18(25)13-22-17-9-4-3-8-16(17)20(21)27/h3-9,12,22H,10-11,13H2,1-2H3,(H2,21,27)(H,23,25). The summed E-state index contributed by atoms with van der Waals surface area (Å²) in [5.74, 6) is -0.754. The zero-order chi connectivity index (χ0) is 19.8. The maximum Gasteiger partial charge on any atom is 0.250 e. The Labute approximate surface area is 158 Å². The molecule has 0 fully saturated rings. The number of amides is 3. The van der Waals surface area contributed by atoms with E-state index in [1.807, 2.05) is 18.2 Å². The molecule has 7 nitrogen and oxygen atoms in total. The smallest absolute Gasteiger partial charge is 0.250 e. The lowest BCUT2D eigenvalue weighted by molar-refractivity contribution is -0.128. The van der Waals surface area contributed by atoms with E-state index in [9.17, 15) is 14.4 Å². The summed E-state index contributed by atoms with van der Waals surface area (Å²) < 4.78 is 0. The summed E-state index contributed by atoms with van der Waals surface area (Å²) in [4.78, 5) is 36.8. The number of carbonyl (C=O) groups excluding carboxylic acids is 3. The van der Waals surface area contributed by atoms with Crippen molar-refractivity contribution < 1.29 is 14.4 Å². The lowest BCUT2D eigenvalue weighted by Crippen LogP contribution is -2.23. The Balaban J connectivity index is 1.92. The van der Waals surface area contributed by atoms with Crippen LogP contribution < -0.4 is 16.4 Å². The predicted octanol–water partition coefficient (Wildman–Crippen LogP) is 1.86. The van der Waals surface area contributed by atoms with Gasteiger partial charge in [-0.05, 0) is 36.2 Å². The van der Waals surface area contributed by atoms with Gasteiger partial charge in [0.25, 0.3) is 5.91 Å². The van der Waals surface area contributed by atoms with Gasteiger partial charge in [-0.3, -0.25) is 14.4 Å². The molecule has 2 aromatic carbocycles. The summed E-state index contributed by atoms with van der Waals surface area (Å²) in [5, 5.41) is 5.72. The fourth-order valence-corrected chi connectivity index (χ4v) is 2.51. The van der Waals surface area contributed by atoms with E-state index in [2.05, 4.69) is 10.6 Å². The van der Waals surface area contributed by atoms with Gasteiger partial charge in [-0.1, -0.05) is 24.3 Å². The highest BCUT2D eigenvalue weighted by atomic mass is 16.2. The van der Waals surface area contributed by atoms with E-state index in [1.165, 1.54) is 0 Å². The van der Waals surface area contributed by atoms with Gasteiger partial charge in [0, 0.05) is 31.9 Å². The SMILES string of the molecule is CN(C)C(=O)CCc1cccc(NC(=O)CNc2ccccc2C(N)=O)c1. The Hall–Kier alpha value is -3.35. The number of nitrogens with zero attached hydrogens (tertiary/aromatic N) is 1. The van der Waals surface area contributed by atoms with Gasteiger partial charge in [-0.15, -0.1) is 0 Å². The summed E-state index contributed by atoms with van der Waals surface area (Å²) in [6.07, 6.45) is 1.01. The normalized spacial score (nSPS) is 10.1. The van der Waals surface area contributed by atoms with Crippen molar-refractivity contribution in [2.45, 2.75) is 12.8 Å². The molecular formula is C20H24N4O3. The van der Waals surface area contributed by atoms with Crippen molar-refractivity contribution in [3.05, 3.63) is 59.7 Å².